The minimum Gasteiger partial charge on any atom is -0.483 e. The van der Waals surface area contributed by atoms with E-state index >= 15 is 0 Å². The average Bonchev–Trinajstić information content (AvgIpc) is 4.16. The molecule has 3 saturated heterocycles. The van der Waals surface area contributed by atoms with Gasteiger partial charge in [-0.05, 0) is 128 Å². The summed E-state index contributed by atoms with van der Waals surface area (Å²) in [5, 5.41) is 55.9. The van der Waals surface area contributed by atoms with E-state index < -0.39 is 24.5 Å². The molecular weight excluding hydrogens is 813 g/mol. The van der Waals surface area contributed by atoms with Crippen LogP contribution in [0.1, 0.15) is 102 Å². The molecule has 1 aliphatic carbocycles. The first-order chi connectivity index (χ1) is 30.9. The Morgan fingerprint density at radius 1 is 0.841 bits per heavy atom. The van der Waals surface area contributed by atoms with E-state index in [1.165, 1.54) is 63.1 Å². The van der Waals surface area contributed by atoms with Gasteiger partial charge in [0.25, 0.3) is 6.47 Å². The van der Waals surface area contributed by atoms with Crippen molar-refractivity contribution in [1.29, 1.82) is 0 Å². The van der Waals surface area contributed by atoms with E-state index in [1.807, 2.05) is 6.92 Å². The summed E-state index contributed by atoms with van der Waals surface area (Å²) < 4.78 is 7.88. The van der Waals surface area contributed by atoms with Gasteiger partial charge in [-0.25, -0.2) is 15.0 Å². The predicted molar refractivity (Wildman–Crippen MR) is 233 cm³/mol. The number of likely N-dealkylation sites (tertiary alicyclic amines) is 2. The fraction of sp³-hybridized carbons (Fsp3) is 0.700. The Kier molecular flexibility index (Phi) is 15.0. The first-order valence-electron chi connectivity index (χ1n) is 22.7. The second-order valence-corrected chi connectivity index (χ2v) is 16.8. The van der Waals surface area contributed by atoms with Crippen molar-refractivity contribution in [3.8, 4) is 11.5 Å². The van der Waals surface area contributed by atoms with E-state index in [0.29, 0.717) is 41.2 Å². The number of unbranched alkanes of at least 4 members (excludes halogenated alkanes) is 2. The van der Waals surface area contributed by atoms with Gasteiger partial charge in [-0.3, -0.25) is 9.36 Å². The topological polar surface area (TPSA) is 283 Å². The van der Waals surface area contributed by atoms with Crippen LogP contribution in [0.2, 0.25) is 0 Å². The van der Waals surface area contributed by atoms with Crippen LogP contribution in [-0.2, 0) is 16.1 Å². The molecule has 3 aromatic rings. The van der Waals surface area contributed by atoms with Crippen LogP contribution >= 0.6 is 0 Å². The van der Waals surface area contributed by atoms with Gasteiger partial charge < -0.3 is 56.1 Å². The summed E-state index contributed by atoms with van der Waals surface area (Å²) in [5.41, 5.74) is 1.77. The minimum atomic E-state index is -1.29. The first-order valence-corrected chi connectivity index (χ1v) is 22.7. The molecule has 9 rings (SSSR count). The van der Waals surface area contributed by atoms with Gasteiger partial charge in [-0.2, -0.15) is 19.7 Å². The lowest BCUT2D eigenvalue weighted by Crippen LogP contribution is -2.33. The number of aromatic amines is 1. The number of imidazole rings is 2. The molecule has 342 valence electrons. The zero-order chi connectivity index (χ0) is 43.5. The fourth-order valence-electron chi connectivity index (χ4n) is 9.03. The summed E-state index contributed by atoms with van der Waals surface area (Å²) >= 11 is 0. The lowest BCUT2D eigenvalue weighted by atomic mass is 9.91. The van der Waals surface area contributed by atoms with Gasteiger partial charge in [0.1, 0.15) is 30.0 Å². The number of nitrogens with zero attached hydrogens (tertiary/aromatic N) is 13. The SMILES string of the molecule is CCn1nnc([C@H]2O[C@@H](n3cnc4c(N[C@H]5CC[C@H](Nc6[nH]c(NCCCCN7CCCC7)nc7ncnc6-7)CC5)nc(NCCCCN5CCCC5)nc43)[C@H](O)[C@@H]2O)n1.O=CO. The molecule has 6 aliphatic rings. The molecular formula is C40H62N18O5. The van der Waals surface area contributed by atoms with E-state index in [1.54, 1.807) is 17.2 Å². The van der Waals surface area contributed by atoms with Crippen molar-refractivity contribution >= 4 is 41.2 Å². The number of carbonyl (C=O) groups is 1. The van der Waals surface area contributed by atoms with Gasteiger partial charge in [0.05, 0.1) is 12.9 Å². The number of rotatable bonds is 19. The summed E-state index contributed by atoms with van der Waals surface area (Å²) in [6, 6.07) is 0.371. The van der Waals surface area contributed by atoms with Crippen molar-refractivity contribution in [2.24, 2.45) is 0 Å². The summed E-state index contributed by atoms with van der Waals surface area (Å²) in [6.45, 7) is 10.8. The number of tetrazole rings is 1. The molecule has 8 heterocycles. The molecule has 5 aliphatic heterocycles. The van der Waals surface area contributed by atoms with Gasteiger partial charge in [0.15, 0.2) is 35.1 Å². The highest BCUT2D eigenvalue weighted by molar-refractivity contribution is 5.84. The second-order valence-electron chi connectivity index (χ2n) is 16.8. The van der Waals surface area contributed by atoms with Crippen LogP contribution in [0.5, 0.6) is 0 Å². The Labute approximate surface area is 365 Å². The molecule has 0 bridgehead atoms. The Balaban J connectivity index is 0.00000177. The van der Waals surface area contributed by atoms with Crippen LogP contribution in [0.15, 0.2) is 12.7 Å². The number of hydrogen-bond acceptors (Lipinski definition) is 19. The predicted octanol–water partition coefficient (Wildman–Crippen LogP) is 2.55. The zero-order valence-corrected chi connectivity index (χ0v) is 36.0. The smallest absolute Gasteiger partial charge is 0.290 e. The third kappa shape index (κ3) is 10.9. The molecule has 63 heavy (non-hydrogen) atoms. The number of hydrogen-bond donors (Lipinski definition) is 8. The second kappa shape index (κ2) is 21.3. The van der Waals surface area contributed by atoms with Crippen LogP contribution in [0.4, 0.5) is 23.5 Å². The van der Waals surface area contributed by atoms with Crippen molar-refractivity contribution in [3.05, 3.63) is 18.5 Å². The highest BCUT2D eigenvalue weighted by Gasteiger charge is 2.47. The van der Waals surface area contributed by atoms with Gasteiger partial charge in [-0.15, -0.1) is 10.2 Å². The summed E-state index contributed by atoms with van der Waals surface area (Å²) in [6.07, 6.45) is 11.8. The van der Waals surface area contributed by atoms with E-state index in [-0.39, 0.29) is 24.4 Å². The zero-order valence-electron chi connectivity index (χ0n) is 36.0. The Hall–Kier alpha value is -5.36. The number of fused-ring (bicyclic) bond motifs is 2. The Morgan fingerprint density at radius 2 is 1.51 bits per heavy atom. The fourth-order valence-corrected chi connectivity index (χ4v) is 9.03. The number of anilines is 4. The molecule has 3 aromatic heterocycles. The molecule has 8 N–H and O–H groups in total. The largest absolute Gasteiger partial charge is 0.483 e. The number of aliphatic hydroxyl groups excluding tert-OH is 2. The van der Waals surface area contributed by atoms with Crippen LogP contribution in [-0.4, -0.2) is 168 Å². The van der Waals surface area contributed by atoms with Crippen molar-refractivity contribution in [2.45, 2.75) is 127 Å². The van der Waals surface area contributed by atoms with Crippen LogP contribution in [0.25, 0.3) is 22.7 Å². The number of ether oxygens (including phenoxy) is 1. The van der Waals surface area contributed by atoms with Gasteiger partial charge >= 0.3 is 0 Å². The van der Waals surface area contributed by atoms with Gasteiger partial charge in [0, 0.05) is 25.2 Å². The van der Waals surface area contributed by atoms with E-state index in [0.717, 1.165) is 82.6 Å². The summed E-state index contributed by atoms with van der Waals surface area (Å²) in [7, 11) is 0. The van der Waals surface area contributed by atoms with E-state index in [2.05, 4.69) is 66.4 Å². The molecule has 0 spiro atoms. The monoisotopic (exact) mass is 875 g/mol. The van der Waals surface area contributed by atoms with Crippen molar-refractivity contribution in [1.82, 2.24) is 69.5 Å². The molecule has 0 aromatic carbocycles. The third-order valence-electron chi connectivity index (χ3n) is 12.4. The standard InChI is InChI=1S/C39H60N18O3.CH2O2/c1-2-57-52-35(51-53-57)31-29(58)30(59)37(60-31)56-24-44-28-34(49-39(50-36(28)56)41-16-4-6-18-55-21-9-10-22-55)46-26-13-11-25(12-14-26)45-33-27-32(43-23-42-27)47-38(48-33)40-15-3-5-17-54-19-7-8-20-54;2-1-3/h23-26,29-31,37,58-59H,2-22H2,1H3,(H2,41,46,49,50)(H3,40,42,43,45,47,48);1H,(H,2,3)/t25-,26-,29-,30+,31-,37+;/m0./s1. The third-order valence-corrected chi connectivity index (χ3v) is 12.4. The highest BCUT2D eigenvalue weighted by atomic mass is 16.6. The normalized spacial score (nSPS) is 24.2. The number of nitrogens with one attached hydrogen (secondary N) is 5. The molecule has 23 heteroatoms. The maximum Gasteiger partial charge on any atom is 0.290 e. The van der Waals surface area contributed by atoms with Crippen LogP contribution < -0.4 is 21.3 Å². The van der Waals surface area contributed by atoms with Crippen molar-refractivity contribution in [3.63, 3.8) is 0 Å². The summed E-state index contributed by atoms with van der Waals surface area (Å²) in [4.78, 5) is 46.5. The van der Waals surface area contributed by atoms with E-state index in [4.69, 9.17) is 29.6 Å². The average molecular weight is 875 g/mol. The molecule has 1 saturated carbocycles. The number of aromatic nitrogens is 12. The molecule has 0 amide bonds. The molecule has 0 unspecified atom stereocenters. The lowest BCUT2D eigenvalue weighted by Gasteiger charge is -2.31. The van der Waals surface area contributed by atoms with Crippen LogP contribution in [0, 0.1) is 0 Å². The lowest BCUT2D eigenvalue weighted by molar-refractivity contribution is -0.122. The van der Waals surface area contributed by atoms with Crippen molar-refractivity contribution < 1.29 is 24.9 Å². The van der Waals surface area contributed by atoms with Crippen LogP contribution in [0.3, 0.4) is 0 Å². The summed E-state index contributed by atoms with van der Waals surface area (Å²) in [5.74, 6) is 3.44. The maximum absolute atomic E-state index is 11.2. The van der Waals surface area contributed by atoms with Gasteiger partial charge in [0.2, 0.25) is 17.7 Å². The number of aryl methyl sites for hydroxylation is 1. The molecule has 0 radical (unpaired) electrons. The number of aliphatic hydroxyl groups is 2. The number of carboxylic acid groups (broad SMARTS) is 1. The van der Waals surface area contributed by atoms with Crippen molar-refractivity contribution in [2.75, 3.05) is 73.6 Å². The first kappa shape index (κ1) is 44.3. The number of H-pyrrole nitrogens is 1. The molecule has 4 atom stereocenters. The maximum atomic E-state index is 11.2. The Bertz CT molecular complexity index is 2150. The van der Waals surface area contributed by atoms with Gasteiger partial charge in [-0.1, -0.05) is 0 Å². The highest BCUT2D eigenvalue weighted by Crippen LogP contribution is 2.39. The van der Waals surface area contributed by atoms with E-state index in [9.17, 15) is 10.2 Å². The molecule has 4 fully saturated rings. The Morgan fingerprint density at radius 3 is 2.17 bits per heavy atom. The quantitative estimate of drug-likeness (QED) is 0.0437. The minimum absolute atomic E-state index is 0.143. The molecule has 23 nitrogen and oxygen atoms in total.